The van der Waals surface area contributed by atoms with Gasteiger partial charge in [0.2, 0.25) is 5.91 Å². The van der Waals surface area contributed by atoms with Crippen molar-refractivity contribution in [1.29, 1.82) is 0 Å². The molecule has 0 aliphatic carbocycles. The van der Waals surface area contributed by atoms with Gasteiger partial charge in [0, 0.05) is 21.7 Å². The Morgan fingerprint density at radius 3 is 2.61 bits per heavy atom. The molecule has 23 heavy (non-hydrogen) atoms. The summed E-state index contributed by atoms with van der Waals surface area (Å²) in [5, 5.41) is 5.04. The highest BCUT2D eigenvalue weighted by Crippen LogP contribution is 2.31. The molecule has 1 aromatic heterocycles. The molecule has 2 aromatic carbocycles. The SMILES string of the molecule is COc1ccccc1CC(=O)Nc1ccccc1-c1cccs1. The molecule has 1 N–H and O–H groups in total. The van der Waals surface area contributed by atoms with Crippen LogP contribution in [0.1, 0.15) is 5.56 Å². The topological polar surface area (TPSA) is 38.3 Å². The predicted octanol–water partition coefficient (Wildman–Crippen LogP) is 4.60. The van der Waals surface area contributed by atoms with Gasteiger partial charge in [0.1, 0.15) is 5.75 Å². The molecule has 0 bridgehead atoms. The maximum absolute atomic E-state index is 12.4. The van der Waals surface area contributed by atoms with Gasteiger partial charge in [0.25, 0.3) is 0 Å². The second-order valence-corrected chi connectivity index (χ2v) is 6.01. The zero-order valence-electron chi connectivity index (χ0n) is 12.8. The van der Waals surface area contributed by atoms with Gasteiger partial charge >= 0.3 is 0 Å². The number of hydrogen-bond acceptors (Lipinski definition) is 3. The quantitative estimate of drug-likeness (QED) is 0.745. The summed E-state index contributed by atoms with van der Waals surface area (Å²) in [5.41, 5.74) is 2.74. The fraction of sp³-hybridized carbons (Fsp3) is 0.105. The number of benzene rings is 2. The van der Waals surface area contributed by atoms with Crippen LogP contribution >= 0.6 is 11.3 Å². The Morgan fingerprint density at radius 2 is 1.83 bits per heavy atom. The van der Waals surface area contributed by atoms with Crippen molar-refractivity contribution in [2.24, 2.45) is 0 Å². The van der Waals surface area contributed by atoms with E-state index >= 15 is 0 Å². The highest BCUT2D eigenvalue weighted by atomic mass is 32.1. The fourth-order valence-corrected chi connectivity index (χ4v) is 3.22. The smallest absolute Gasteiger partial charge is 0.228 e. The minimum absolute atomic E-state index is 0.0569. The number of ether oxygens (including phenoxy) is 1. The number of carbonyl (C=O) groups excluding carboxylic acids is 1. The lowest BCUT2D eigenvalue weighted by atomic mass is 10.1. The molecule has 0 unspecified atom stereocenters. The molecule has 1 amide bonds. The monoisotopic (exact) mass is 323 g/mol. The number of methoxy groups -OCH3 is 1. The Morgan fingerprint density at radius 1 is 1.04 bits per heavy atom. The molecule has 0 atom stereocenters. The van der Waals surface area contributed by atoms with E-state index in [1.165, 1.54) is 0 Å². The molecule has 3 nitrogen and oxygen atoms in total. The van der Waals surface area contributed by atoms with E-state index < -0.39 is 0 Å². The third-order valence-corrected chi connectivity index (χ3v) is 4.43. The molecule has 0 spiro atoms. The first-order chi connectivity index (χ1) is 11.3. The molecule has 0 saturated heterocycles. The van der Waals surface area contributed by atoms with E-state index in [1.807, 2.05) is 60.0 Å². The first-order valence-corrected chi connectivity index (χ1v) is 8.20. The van der Waals surface area contributed by atoms with Crippen molar-refractivity contribution in [2.75, 3.05) is 12.4 Å². The molecule has 116 valence electrons. The van der Waals surface area contributed by atoms with Crippen LogP contribution in [0, 0.1) is 0 Å². The first kappa shape index (κ1) is 15.3. The van der Waals surface area contributed by atoms with Gasteiger partial charge in [0.05, 0.1) is 13.5 Å². The molecule has 0 fully saturated rings. The van der Waals surface area contributed by atoms with Crippen molar-refractivity contribution in [3.8, 4) is 16.2 Å². The van der Waals surface area contributed by atoms with E-state index in [4.69, 9.17) is 4.74 Å². The first-order valence-electron chi connectivity index (χ1n) is 7.32. The standard InChI is InChI=1S/C19H17NO2S/c1-22-17-10-5-2-7-14(17)13-19(21)20-16-9-4-3-8-15(16)18-11-6-12-23-18/h2-12H,13H2,1H3,(H,20,21). The van der Waals surface area contributed by atoms with Crippen LogP contribution in [-0.4, -0.2) is 13.0 Å². The summed E-state index contributed by atoms with van der Waals surface area (Å²) in [7, 11) is 1.61. The summed E-state index contributed by atoms with van der Waals surface area (Å²) in [4.78, 5) is 13.5. The maximum atomic E-state index is 12.4. The minimum Gasteiger partial charge on any atom is -0.496 e. The number of anilines is 1. The zero-order valence-corrected chi connectivity index (χ0v) is 13.6. The molecule has 3 aromatic rings. The van der Waals surface area contributed by atoms with Crippen molar-refractivity contribution < 1.29 is 9.53 Å². The molecule has 1 heterocycles. The van der Waals surface area contributed by atoms with Crippen LogP contribution in [0.2, 0.25) is 0 Å². The van der Waals surface area contributed by atoms with Gasteiger partial charge < -0.3 is 10.1 Å². The van der Waals surface area contributed by atoms with Crippen LogP contribution in [-0.2, 0) is 11.2 Å². The Balaban J connectivity index is 1.79. The van der Waals surface area contributed by atoms with Gasteiger partial charge in [-0.25, -0.2) is 0 Å². The molecule has 3 rings (SSSR count). The highest BCUT2D eigenvalue weighted by molar-refractivity contribution is 7.13. The fourth-order valence-electron chi connectivity index (χ4n) is 2.46. The lowest BCUT2D eigenvalue weighted by molar-refractivity contribution is -0.115. The summed E-state index contributed by atoms with van der Waals surface area (Å²) in [6, 6.07) is 19.5. The van der Waals surface area contributed by atoms with Crippen LogP contribution in [0.25, 0.3) is 10.4 Å². The van der Waals surface area contributed by atoms with E-state index in [-0.39, 0.29) is 12.3 Å². The van der Waals surface area contributed by atoms with Crippen LogP contribution in [0.3, 0.4) is 0 Å². The zero-order chi connectivity index (χ0) is 16.1. The summed E-state index contributed by atoms with van der Waals surface area (Å²) >= 11 is 1.66. The highest BCUT2D eigenvalue weighted by Gasteiger charge is 2.11. The summed E-state index contributed by atoms with van der Waals surface area (Å²) in [6.07, 6.45) is 0.281. The van der Waals surface area contributed by atoms with Gasteiger partial charge in [-0.2, -0.15) is 0 Å². The van der Waals surface area contributed by atoms with Crippen LogP contribution < -0.4 is 10.1 Å². The summed E-state index contributed by atoms with van der Waals surface area (Å²) in [5.74, 6) is 0.674. The Bertz CT molecular complexity index is 797. The maximum Gasteiger partial charge on any atom is 0.228 e. The third kappa shape index (κ3) is 3.60. The average molecular weight is 323 g/mol. The van der Waals surface area contributed by atoms with E-state index in [1.54, 1.807) is 18.4 Å². The number of amides is 1. The van der Waals surface area contributed by atoms with Crippen molar-refractivity contribution in [1.82, 2.24) is 0 Å². The number of thiophene rings is 1. The minimum atomic E-state index is -0.0569. The van der Waals surface area contributed by atoms with Crippen molar-refractivity contribution in [3.05, 3.63) is 71.6 Å². The molecule has 0 aliphatic rings. The molecular formula is C19H17NO2S. The molecule has 0 aliphatic heterocycles. The lowest BCUT2D eigenvalue weighted by Gasteiger charge is -2.11. The van der Waals surface area contributed by atoms with E-state index in [0.717, 1.165) is 27.4 Å². The average Bonchev–Trinajstić information content (AvgIpc) is 3.10. The number of carbonyl (C=O) groups is 1. The number of para-hydroxylation sites is 2. The lowest BCUT2D eigenvalue weighted by Crippen LogP contribution is -2.15. The van der Waals surface area contributed by atoms with Gasteiger partial charge in [0.15, 0.2) is 0 Å². The van der Waals surface area contributed by atoms with Crippen LogP contribution in [0.5, 0.6) is 5.75 Å². The Hall–Kier alpha value is -2.59. The van der Waals surface area contributed by atoms with Crippen LogP contribution in [0.4, 0.5) is 5.69 Å². The Labute approximate surface area is 139 Å². The Kier molecular flexibility index (Phi) is 4.74. The second kappa shape index (κ2) is 7.11. The van der Waals surface area contributed by atoms with Crippen LogP contribution in [0.15, 0.2) is 66.0 Å². The second-order valence-electron chi connectivity index (χ2n) is 5.06. The summed E-state index contributed by atoms with van der Waals surface area (Å²) in [6.45, 7) is 0. The van der Waals surface area contributed by atoms with E-state index in [9.17, 15) is 4.79 Å². The number of nitrogens with one attached hydrogen (secondary N) is 1. The van der Waals surface area contributed by atoms with Gasteiger partial charge in [-0.05, 0) is 23.6 Å². The van der Waals surface area contributed by atoms with Crippen molar-refractivity contribution >= 4 is 22.9 Å². The number of rotatable bonds is 5. The van der Waals surface area contributed by atoms with Gasteiger partial charge in [-0.1, -0.05) is 42.5 Å². The van der Waals surface area contributed by atoms with Gasteiger partial charge in [-0.15, -0.1) is 11.3 Å². The predicted molar refractivity (Wildman–Crippen MR) is 95.1 cm³/mol. The third-order valence-electron chi connectivity index (χ3n) is 3.53. The number of hydrogen-bond donors (Lipinski definition) is 1. The van der Waals surface area contributed by atoms with Crippen molar-refractivity contribution in [2.45, 2.75) is 6.42 Å². The molecular weight excluding hydrogens is 306 g/mol. The largest absolute Gasteiger partial charge is 0.496 e. The normalized spacial score (nSPS) is 10.3. The molecule has 0 radical (unpaired) electrons. The van der Waals surface area contributed by atoms with E-state index in [2.05, 4.69) is 11.4 Å². The van der Waals surface area contributed by atoms with Crippen molar-refractivity contribution in [3.63, 3.8) is 0 Å². The molecule has 4 heteroatoms. The van der Waals surface area contributed by atoms with Gasteiger partial charge in [-0.3, -0.25) is 4.79 Å². The van der Waals surface area contributed by atoms with E-state index in [0.29, 0.717) is 0 Å². The molecule has 0 saturated carbocycles. The summed E-state index contributed by atoms with van der Waals surface area (Å²) < 4.78 is 5.30.